The van der Waals surface area contributed by atoms with E-state index in [2.05, 4.69) is 39.1 Å². The summed E-state index contributed by atoms with van der Waals surface area (Å²) in [4.78, 5) is 6.02. The Balaban J connectivity index is 2.39. The lowest BCUT2D eigenvalue weighted by molar-refractivity contribution is 0.603. The van der Waals surface area contributed by atoms with Gasteiger partial charge in [-0.3, -0.25) is 0 Å². The highest BCUT2D eigenvalue weighted by molar-refractivity contribution is 7.15. The molecule has 1 N–H and O–H groups in total. The van der Waals surface area contributed by atoms with E-state index in [9.17, 15) is 0 Å². The van der Waals surface area contributed by atoms with E-state index >= 15 is 0 Å². The standard InChI is InChI=1S/C15H19ClN2S/c1-5-17-10(3)14-11(4)18-15(19-14)13-7-6-12(16)8-9(13)2/h6-8,10,17H,5H2,1-4H3. The number of halogens is 1. The number of thiazole rings is 1. The molecule has 0 aliphatic heterocycles. The Morgan fingerprint density at radius 2 is 2.11 bits per heavy atom. The first-order chi connectivity index (χ1) is 9.02. The van der Waals surface area contributed by atoms with Gasteiger partial charge in [-0.2, -0.15) is 0 Å². The van der Waals surface area contributed by atoms with Gasteiger partial charge in [-0.1, -0.05) is 24.6 Å². The number of nitrogens with zero attached hydrogens (tertiary/aromatic N) is 1. The van der Waals surface area contributed by atoms with Crippen LogP contribution in [0, 0.1) is 13.8 Å². The van der Waals surface area contributed by atoms with Crippen molar-refractivity contribution in [1.82, 2.24) is 10.3 Å². The minimum absolute atomic E-state index is 0.351. The monoisotopic (exact) mass is 294 g/mol. The van der Waals surface area contributed by atoms with E-state index in [1.165, 1.54) is 16.0 Å². The van der Waals surface area contributed by atoms with Crippen LogP contribution in [0.1, 0.15) is 36.0 Å². The molecule has 1 unspecified atom stereocenters. The molecular formula is C15H19ClN2S. The third-order valence-corrected chi connectivity index (χ3v) is 4.76. The molecule has 0 aliphatic carbocycles. The van der Waals surface area contributed by atoms with Crippen molar-refractivity contribution in [3.63, 3.8) is 0 Å². The normalized spacial score (nSPS) is 12.7. The van der Waals surface area contributed by atoms with Gasteiger partial charge in [0.15, 0.2) is 0 Å². The minimum atomic E-state index is 0.351. The molecule has 2 rings (SSSR count). The first-order valence-corrected chi connectivity index (χ1v) is 7.69. The Hall–Kier alpha value is -0.900. The molecule has 2 nitrogen and oxygen atoms in total. The SMILES string of the molecule is CCNC(C)c1sc(-c2ccc(Cl)cc2C)nc1C. The molecule has 102 valence electrons. The maximum atomic E-state index is 6.01. The highest BCUT2D eigenvalue weighted by Gasteiger charge is 2.15. The predicted molar refractivity (Wildman–Crippen MR) is 84.1 cm³/mol. The average molecular weight is 295 g/mol. The van der Waals surface area contributed by atoms with E-state index < -0.39 is 0 Å². The van der Waals surface area contributed by atoms with Gasteiger partial charge >= 0.3 is 0 Å². The molecule has 1 aromatic carbocycles. The molecule has 1 aromatic heterocycles. The average Bonchev–Trinajstić information content (AvgIpc) is 2.71. The van der Waals surface area contributed by atoms with Crippen LogP contribution in [0.15, 0.2) is 18.2 Å². The van der Waals surface area contributed by atoms with Crippen molar-refractivity contribution in [1.29, 1.82) is 0 Å². The number of hydrogen-bond donors (Lipinski definition) is 1. The number of aromatic nitrogens is 1. The van der Waals surface area contributed by atoms with Gasteiger partial charge in [0.2, 0.25) is 0 Å². The van der Waals surface area contributed by atoms with E-state index in [-0.39, 0.29) is 0 Å². The summed E-state index contributed by atoms with van der Waals surface area (Å²) in [6, 6.07) is 6.32. The highest BCUT2D eigenvalue weighted by atomic mass is 35.5. The molecule has 0 aliphatic rings. The van der Waals surface area contributed by atoms with Crippen molar-refractivity contribution >= 4 is 22.9 Å². The molecule has 19 heavy (non-hydrogen) atoms. The zero-order valence-corrected chi connectivity index (χ0v) is 13.3. The van der Waals surface area contributed by atoms with E-state index in [0.29, 0.717) is 6.04 Å². The number of benzene rings is 1. The molecule has 0 amide bonds. The van der Waals surface area contributed by atoms with Crippen molar-refractivity contribution in [3.8, 4) is 10.6 Å². The molecule has 0 spiro atoms. The lowest BCUT2D eigenvalue weighted by Gasteiger charge is -2.10. The molecule has 0 fully saturated rings. The highest BCUT2D eigenvalue weighted by Crippen LogP contribution is 2.34. The first kappa shape index (κ1) is 14.5. The predicted octanol–water partition coefficient (Wildman–Crippen LogP) is 4.75. The van der Waals surface area contributed by atoms with Crippen LogP contribution in [-0.4, -0.2) is 11.5 Å². The Labute approximate surface area is 123 Å². The fraction of sp³-hybridized carbons (Fsp3) is 0.400. The van der Waals surface area contributed by atoms with Crippen LogP contribution in [0.3, 0.4) is 0 Å². The number of nitrogens with one attached hydrogen (secondary N) is 1. The smallest absolute Gasteiger partial charge is 0.124 e. The van der Waals surface area contributed by atoms with Gasteiger partial charge in [-0.05, 0) is 45.0 Å². The molecular weight excluding hydrogens is 276 g/mol. The van der Waals surface area contributed by atoms with Crippen molar-refractivity contribution in [2.45, 2.75) is 33.7 Å². The molecule has 0 saturated carbocycles. The van der Waals surface area contributed by atoms with Crippen molar-refractivity contribution < 1.29 is 0 Å². The zero-order chi connectivity index (χ0) is 14.0. The van der Waals surface area contributed by atoms with Crippen LogP contribution in [0.5, 0.6) is 0 Å². The number of rotatable bonds is 4. The second kappa shape index (κ2) is 6.04. The van der Waals surface area contributed by atoms with Crippen LogP contribution in [0.4, 0.5) is 0 Å². The molecule has 2 aromatic rings. The lowest BCUT2D eigenvalue weighted by Crippen LogP contribution is -2.17. The summed E-state index contributed by atoms with van der Waals surface area (Å²) >= 11 is 7.77. The summed E-state index contributed by atoms with van der Waals surface area (Å²) < 4.78 is 0. The quantitative estimate of drug-likeness (QED) is 0.880. The van der Waals surface area contributed by atoms with E-state index in [4.69, 9.17) is 16.6 Å². The Kier molecular flexibility index (Phi) is 4.61. The summed E-state index contributed by atoms with van der Waals surface area (Å²) in [5.41, 5.74) is 3.46. The lowest BCUT2D eigenvalue weighted by atomic mass is 10.1. The van der Waals surface area contributed by atoms with Crippen LogP contribution < -0.4 is 5.32 Å². The first-order valence-electron chi connectivity index (χ1n) is 6.50. The summed E-state index contributed by atoms with van der Waals surface area (Å²) in [6.45, 7) is 9.42. The molecule has 0 bridgehead atoms. The van der Waals surface area contributed by atoms with E-state index in [1.54, 1.807) is 11.3 Å². The Morgan fingerprint density at radius 3 is 2.74 bits per heavy atom. The zero-order valence-electron chi connectivity index (χ0n) is 11.7. The largest absolute Gasteiger partial charge is 0.310 e. The topological polar surface area (TPSA) is 24.9 Å². The Morgan fingerprint density at radius 1 is 1.37 bits per heavy atom. The summed E-state index contributed by atoms with van der Waals surface area (Å²) in [5, 5.41) is 5.29. The fourth-order valence-electron chi connectivity index (χ4n) is 2.19. The van der Waals surface area contributed by atoms with E-state index in [0.717, 1.165) is 22.3 Å². The van der Waals surface area contributed by atoms with E-state index in [1.807, 2.05) is 12.1 Å². The maximum absolute atomic E-state index is 6.01. The fourth-order valence-corrected chi connectivity index (χ4v) is 3.60. The summed E-state index contributed by atoms with van der Waals surface area (Å²) in [6.07, 6.45) is 0. The third-order valence-electron chi connectivity index (χ3n) is 3.15. The van der Waals surface area contributed by atoms with Gasteiger partial charge in [0, 0.05) is 21.5 Å². The van der Waals surface area contributed by atoms with Gasteiger partial charge in [0.25, 0.3) is 0 Å². The van der Waals surface area contributed by atoms with Crippen LogP contribution >= 0.6 is 22.9 Å². The minimum Gasteiger partial charge on any atom is -0.310 e. The van der Waals surface area contributed by atoms with Gasteiger partial charge in [0.05, 0.1) is 5.69 Å². The van der Waals surface area contributed by atoms with Crippen LogP contribution in [-0.2, 0) is 0 Å². The molecule has 1 heterocycles. The van der Waals surface area contributed by atoms with Crippen molar-refractivity contribution in [2.24, 2.45) is 0 Å². The summed E-state index contributed by atoms with van der Waals surface area (Å²) in [7, 11) is 0. The molecule has 4 heteroatoms. The summed E-state index contributed by atoms with van der Waals surface area (Å²) in [5.74, 6) is 0. The molecule has 1 atom stereocenters. The van der Waals surface area contributed by atoms with Gasteiger partial charge in [-0.15, -0.1) is 11.3 Å². The Bertz CT molecular complexity index is 578. The van der Waals surface area contributed by atoms with Crippen LogP contribution in [0.2, 0.25) is 5.02 Å². The molecule has 0 saturated heterocycles. The molecule has 0 radical (unpaired) electrons. The van der Waals surface area contributed by atoms with Crippen molar-refractivity contribution in [3.05, 3.63) is 39.4 Å². The van der Waals surface area contributed by atoms with Gasteiger partial charge in [0.1, 0.15) is 5.01 Å². The van der Waals surface area contributed by atoms with Gasteiger partial charge in [-0.25, -0.2) is 4.98 Å². The maximum Gasteiger partial charge on any atom is 0.124 e. The number of hydrogen-bond acceptors (Lipinski definition) is 3. The second-order valence-electron chi connectivity index (χ2n) is 4.71. The second-order valence-corrected chi connectivity index (χ2v) is 6.17. The third kappa shape index (κ3) is 3.16. The van der Waals surface area contributed by atoms with Gasteiger partial charge < -0.3 is 5.32 Å². The number of aryl methyl sites for hydroxylation is 2. The van der Waals surface area contributed by atoms with Crippen molar-refractivity contribution in [2.75, 3.05) is 6.54 Å². The van der Waals surface area contributed by atoms with Crippen LogP contribution in [0.25, 0.3) is 10.6 Å².